The minimum atomic E-state index is 0.0119. The number of benzene rings is 1. The quantitative estimate of drug-likeness (QED) is 0.895. The van der Waals surface area contributed by atoms with Crippen molar-refractivity contribution in [3.63, 3.8) is 0 Å². The summed E-state index contributed by atoms with van der Waals surface area (Å²) < 4.78 is 0. The lowest BCUT2D eigenvalue weighted by atomic mass is 10.0. The molecule has 0 fully saturated rings. The average molecular weight is 254 g/mol. The summed E-state index contributed by atoms with van der Waals surface area (Å²) >= 11 is 0. The van der Waals surface area contributed by atoms with Crippen molar-refractivity contribution >= 4 is 0 Å². The molecule has 3 nitrogen and oxygen atoms in total. The van der Waals surface area contributed by atoms with Crippen molar-refractivity contribution in [3.8, 4) is 0 Å². The third-order valence-corrected chi connectivity index (χ3v) is 4.04. The first-order chi connectivity index (χ1) is 9.19. The molecule has 0 bridgehead atoms. The Labute approximate surface area is 112 Å². The fourth-order valence-electron chi connectivity index (χ4n) is 2.89. The molecule has 1 N–H and O–H groups in total. The van der Waals surface area contributed by atoms with Crippen molar-refractivity contribution in [3.05, 3.63) is 62.8 Å². The second-order valence-electron chi connectivity index (χ2n) is 5.25. The van der Waals surface area contributed by atoms with Crippen LogP contribution in [0.5, 0.6) is 0 Å². The molecule has 0 atom stereocenters. The zero-order valence-corrected chi connectivity index (χ0v) is 11.4. The van der Waals surface area contributed by atoms with Crippen molar-refractivity contribution in [1.29, 1.82) is 0 Å². The lowest BCUT2D eigenvalue weighted by Gasteiger charge is -2.11. The molecule has 0 spiro atoms. The van der Waals surface area contributed by atoms with Crippen LogP contribution < -0.4 is 5.56 Å². The van der Waals surface area contributed by atoms with Crippen molar-refractivity contribution in [2.45, 2.75) is 39.0 Å². The van der Waals surface area contributed by atoms with Gasteiger partial charge < -0.3 is 4.98 Å². The largest absolute Gasteiger partial charge is 0.310 e. The molecule has 0 aliphatic heterocycles. The van der Waals surface area contributed by atoms with Crippen molar-refractivity contribution < 1.29 is 0 Å². The summed E-state index contributed by atoms with van der Waals surface area (Å²) in [6.07, 6.45) is 2.76. The van der Waals surface area contributed by atoms with Crippen LogP contribution in [0.25, 0.3) is 0 Å². The summed E-state index contributed by atoms with van der Waals surface area (Å²) in [4.78, 5) is 19.6. The molecule has 0 saturated carbocycles. The number of aromatic nitrogens is 2. The van der Waals surface area contributed by atoms with Crippen LogP contribution in [0, 0.1) is 6.92 Å². The van der Waals surface area contributed by atoms with E-state index in [2.05, 4.69) is 34.2 Å². The molecule has 1 aliphatic carbocycles. The highest BCUT2D eigenvalue weighted by Gasteiger charge is 2.24. The molecule has 1 aromatic heterocycles. The molecule has 3 rings (SSSR count). The molecule has 0 unspecified atom stereocenters. The Hall–Kier alpha value is -1.90. The second kappa shape index (κ2) is 4.65. The molecule has 1 aromatic carbocycles. The Morgan fingerprint density at radius 1 is 1.26 bits per heavy atom. The molecule has 1 aliphatic rings. The Kier molecular flexibility index (Phi) is 2.97. The minimum absolute atomic E-state index is 0.0119. The highest BCUT2D eigenvalue weighted by molar-refractivity contribution is 5.35. The third kappa shape index (κ3) is 2.09. The fourth-order valence-corrected chi connectivity index (χ4v) is 2.89. The zero-order chi connectivity index (χ0) is 13.4. The first-order valence-corrected chi connectivity index (χ1v) is 6.85. The van der Waals surface area contributed by atoms with Crippen LogP contribution in [0.2, 0.25) is 0 Å². The van der Waals surface area contributed by atoms with Gasteiger partial charge in [0.2, 0.25) is 0 Å². The van der Waals surface area contributed by atoms with Gasteiger partial charge in [0, 0.05) is 11.5 Å². The van der Waals surface area contributed by atoms with Crippen molar-refractivity contribution in [2.75, 3.05) is 0 Å². The van der Waals surface area contributed by atoms with Crippen LogP contribution >= 0.6 is 0 Å². The van der Waals surface area contributed by atoms with E-state index in [1.807, 2.05) is 13.8 Å². The number of fused-ring (bicyclic) bond motifs is 1. The number of aryl methyl sites for hydroxylation is 1. The van der Waals surface area contributed by atoms with Crippen molar-refractivity contribution in [1.82, 2.24) is 9.97 Å². The lowest BCUT2D eigenvalue weighted by molar-refractivity contribution is 0.667. The Balaban J connectivity index is 1.98. The summed E-state index contributed by atoms with van der Waals surface area (Å²) in [5, 5.41) is 0. The minimum Gasteiger partial charge on any atom is -0.310 e. The van der Waals surface area contributed by atoms with E-state index in [-0.39, 0.29) is 5.56 Å². The van der Waals surface area contributed by atoms with E-state index in [9.17, 15) is 4.79 Å². The molecule has 0 radical (unpaired) electrons. The Morgan fingerprint density at radius 3 is 2.47 bits per heavy atom. The van der Waals surface area contributed by atoms with Crippen LogP contribution in [0.1, 0.15) is 41.1 Å². The standard InChI is InChI=1S/C16H18N2O/c1-3-14-10(2)16(19)18-15(17-14)13-8-11-6-4-5-7-12(11)9-13/h4-7,13H,3,8-9H2,1-2H3,(H,17,18,19). The highest BCUT2D eigenvalue weighted by Crippen LogP contribution is 2.31. The van der Waals surface area contributed by atoms with Gasteiger partial charge in [-0.05, 0) is 37.3 Å². The summed E-state index contributed by atoms with van der Waals surface area (Å²) in [5.41, 5.74) is 4.46. The molecule has 0 saturated heterocycles. The lowest BCUT2D eigenvalue weighted by Crippen LogP contribution is -2.20. The molecule has 2 aromatic rings. The van der Waals surface area contributed by atoms with Crippen LogP contribution in [-0.4, -0.2) is 9.97 Å². The fraction of sp³-hybridized carbons (Fsp3) is 0.375. The van der Waals surface area contributed by atoms with Gasteiger partial charge in [-0.1, -0.05) is 31.2 Å². The summed E-state index contributed by atoms with van der Waals surface area (Å²) in [7, 11) is 0. The first-order valence-electron chi connectivity index (χ1n) is 6.85. The first kappa shape index (κ1) is 12.2. The maximum Gasteiger partial charge on any atom is 0.254 e. The van der Waals surface area contributed by atoms with E-state index < -0.39 is 0 Å². The summed E-state index contributed by atoms with van der Waals surface area (Å²) in [6, 6.07) is 8.48. The van der Waals surface area contributed by atoms with E-state index >= 15 is 0 Å². The van der Waals surface area contributed by atoms with Crippen LogP contribution in [0.15, 0.2) is 29.1 Å². The summed E-state index contributed by atoms with van der Waals surface area (Å²) in [6.45, 7) is 3.89. The molecule has 98 valence electrons. The van der Waals surface area contributed by atoms with Gasteiger partial charge >= 0.3 is 0 Å². The smallest absolute Gasteiger partial charge is 0.254 e. The van der Waals surface area contributed by atoms with E-state index in [1.165, 1.54) is 11.1 Å². The maximum absolute atomic E-state index is 12.0. The Bertz CT molecular complexity index is 648. The topological polar surface area (TPSA) is 45.8 Å². The molecular formula is C16H18N2O. The predicted octanol–water partition coefficient (Wildman–Crippen LogP) is 2.52. The normalized spacial score (nSPS) is 14.6. The van der Waals surface area contributed by atoms with Crippen LogP contribution in [-0.2, 0) is 19.3 Å². The van der Waals surface area contributed by atoms with Gasteiger partial charge in [0.1, 0.15) is 5.82 Å². The zero-order valence-electron chi connectivity index (χ0n) is 11.4. The van der Waals surface area contributed by atoms with E-state index in [0.29, 0.717) is 5.92 Å². The molecule has 19 heavy (non-hydrogen) atoms. The molecule has 0 amide bonds. The van der Waals surface area contributed by atoms with Gasteiger partial charge in [-0.3, -0.25) is 4.79 Å². The Morgan fingerprint density at radius 2 is 1.89 bits per heavy atom. The predicted molar refractivity (Wildman–Crippen MR) is 75.6 cm³/mol. The number of rotatable bonds is 2. The monoisotopic (exact) mass is 254 g/mol. The van der Waals surface area contributed by atoms with Gasteiger partial charge in [-0.2, -0.15) is 0 Å². The number of hydrogen-bond acceptors (Lipinski definition) is 2. The van der Waals surface area contributed by atoms with Crippen molar-refractivity contribution in [2.24, 2.45) is 0 Å². The SMILES string of the molecule is CCc1nc(C2Cc3ccccc3C2)[nH]c(=O)c1C. The van der Waals surface area contributed by atoms with E-state index in [4.69, 9.17) is 0 Å². The number of nitrogens with zero attached hydrogens (tertiary/aromatic N) is 1. The van der Waals surface area contributed by atoms with Crippen LogP contribution in [0.3, 0.4) is 0 Å². The molecule has 1 heterocycles. The van der Waals surface area contributed by atoms with Gasteiger partial charge in [0.05, 0.1) is 5.69 Å². The van der Waals surface area contributed by atoms with Crippen LogP contribution in [0.4, 0.5) is 0 Å². The van der Waals surface area contributed by atoms with E-state index in [1.54, 1.807) is 0 Å². The number of H-pyrrole nitrogens is 1. The number of aromatic amines is 1. The molecular weight excluding hydrogens is 236 g/mol. The maximum atomic E-state index is 12.0. The van der Waals surface area contributed by atoms with Gasteiger partial charge in [0.15, 0.2) is 0 Å². The van der Waals surface area contributed by atoms with Gasteiger partial charge in [-0.25, -0.2) is 4.98 Å². The highest BCUT2D eigenvalue weighted by atomic mass is 16.1. The number of nitrogens with one attached hydrogen (secondary N) is 1. The van der Waals surface area contributed by atoms with E-state index in [0.717, 1.165) is 36.3 Å². The number of hydrogen-bond donors (Lipinski definition) is 1. The second-order valence-corrected chi connectivity index (χ2v) is 5.25. The average Bonchev–Trinajstić information content (AvgIpc) is 2.85. The van der Waals surface area contributed by atoms with Gasteiger partial charge in [0.25, 0.3) is 5.56 Å². The van der Waals surface area contributed by atoms with Gasteiger partial charge in [-0.15, -0.1) is 0 Å². The summed E-state index contributed by atoms with van der Waals surface area (Å²) in [5.74, 6) is 1.17. The molecule has 3 heteroatoms. The third-order valence-electron chi connectivity index (χ3n) is 4.04.